The summed E-state index contributed by atoms with van der Waals surface area (Å²) in [6.45, 7) is 2.90. The zero-order chi connectivity index (χ0) is 23.4. The van der Waals surface area contributed by atoms with Gasteiger partial charge in [-0.25, -0.2) is 8.42 Å². The number of alkyl halides is 6. The number of hydrogen-bond acceptors (Lipinski definition) is 6. The minimum Gasteiger partial charge on any atom is -0.232 e. The summed E-state index contributed by atoms with van der Waals surface area (Å²) >= 11 is 0. The maximum absolute atomic E-state index is 12.6. The molecule has 0 heterocycles. The van der Waals surface area contributed by atoms with E-state index in [1.165, 1.54) is 18.0 Å². The fourth-order valence-electron chi connectivity index (χ4n) is 1.47. The molecule has 0 aromatic carbocycles. The Morgan fingerprint density at radius 1 is 0.667 bits per heavy atom. The van der Waals surface area contributed by atoms with Gasteiger partial charge < -0.3 is 0 Å². The fraction of sp³-hybridized carbons (Fsp3) is 1.00. The molecule has 0 aliphatic heterocycles. The summed E-state index contributed by atoms with van der Waals surface area (Å²) in [4.78, 5) is 0. The second-order valence-corrected chi connectivity index (χ2v) is 13.5. The van der Waals surface area contributed by atoms with Crippen LogP contribution in [0, 0.1) is 0 Å². The van der Waals surface area contributed by atoms with Crippen LogP contribution in [0.3, 0.4) is 0 Å². The first-order chi connectivity index (χ1) is 12.7. The van der Waals surface area contributed by atoms with Gasteiger partial charge in [-0.05, 0) is 12.8 Å². The molecule has 0 aromatic rings. The number of rotatable bonds is 10. The predicted molar refractivity (Wildman–Crippen MR) is 93.8 cm³/mol. The van der Waals surface area contributed by atoms with Crippen molar-refractivity contribution in [3.63, 3.8) is 0 Å². The van der Waals surface area contributed by atoms with Crippen molar-refractivity contribution in [3.8, 4) is 0 Å². The number of unbranched alkanes of at least 4 members (excludes halogenated alkanes) is 2. The molecule has 0 rings (SSSR count). The van der Waals surface area contributed by atoms with Crippen LogP contribution in [0.5, 0.6) is 0 Å². The molecule has 30 heavy (non-hydrogen) atoms. The average molecular weight is 559 g/mol. The van der Waals surface area contributed by atoms with Gasteiger partial charge >= 0.3 is 82.4 Å². The van der Waals surface area contributed by atoms with Crippen molar-refractivity contribution in [2.45, 2.75) is 50.5 Å². The van der Waals surface area contributed by atoms with E-state index in [-0.39, 0.29) is 77.1 Å². The Bertz CT molecular complexity index is 939. The monoisotopic (exact) mass is 558 g/mol. The van der Waals surface area contributed by atoms with E-state index < -0.39 is 62.4 Å². The van der Waals surface area contributed by atoms with E-state index in [9.17, 15) is 51.6 Å². The van der Waals surface area contributed by atoms with Crippen LogP contribution in [-0.4, -0.2) is 47.8 Å². The summed E-state index contributed by atoms with van der Waals surface area (Å²) in [5.41, 5.74) is -12.0. The molecule has 2 atom stereocenters. The smallest absolute Gasteiger partial charge is 0.232 e. The Hall–Kier alpha value is 0.976. The molecule has 0 spiro atoms. The van der Waals surface area contributed by atoms with E-state index in [0.717, 1.165) is 0 Å². The van der Waals surface area contributed by atoms with Crippen LogP contribution in [0.15, 0.2) is 7.54 Å². The molecule has 0 fully saturated rings. The van der Waals surface area contributed by atoms with Crippen LogP contribution in [0.4, 0.5) is 26.3 Å². The third-order valence-electron chi connectivity index (χ3n) is 2.83. The maximum Gasteiger partial charge on any atom is 1.00 e. The SMILES string of the molecule is CCCCS(=O)(=NS(=O)(=O)C(F)(F)F)NS(=O)(CCCC)=NS(=O)(=O)C(F)(F)F.[K+]. The van der Waals surface area contributed by atoms with Crippen LogP contribution in [0.2, 0.25) is 0 Å². The molecule has 20 heteroatoms. The third kappa shape index (κ3) is 10.3. The summed E-state index contributed by atoms with van der Waals surface area (Å²) in [5, 5.41) is 0. The van der Waals surface area contributed by atoms with Crippen LogP contribution in [0.1, 0.15) is 39.5 Å². The van der Waals surface area contributed by atoms with Crippen molar-refractivity contribution < 1.29 is 103 Å². The second-order valence-electron chi connectivity index (χ2n) is 5.47. The van der Waals surface area contributed by atoms with E-state index in [0.29, 0.717) is 0 Å². The van der Waals surface area contributed by atoms with Gasteiger partial charge in [0.2, 0.25) is 0 Å². The Balaban J connectivity index is 0. The standard InChI is InChI=1S/C10H19F6N3O6S4.K/c1-3-5-7-26(20,18-28(22,23)9(11,12)13)17-27(21,8-6-4-2)19-29(24,25)10(14,15)16;/h3-8H2,1-2H3,(H,17,18,19,20,21);/q;+1. The normalized spacial score (nSPS) is 17.3. The van der Waals surface area contributed by atoms with Crippen molar-refractivity contribution in [2.24, 2.45) is 7.54 Å². The van der Waals surface area contributed by atoms with Crippen molar-refractivity contribution in [1.29, 1.82) is 0 Å². The van der Waals surface area contributed by atoms with E-state index in [4.69, 9.17) is 0 Å². The van der Waals surface area contributed by atoms with Crippen LogP contribution < -0.4 is 55.5 Å². The molecule has 9 nitrogen and oxygen atoms in total. The molecule has 0 aromatic heterocycles. The first-order valence-electron chi connectivity index (χ1n) is 7.67. The Kier molecular flexibility index (Phi) is 13.2. The van der Waals surface area contributed by atoms with Crippen LogP contribution in [0.25, 0.3) is 0 Å². The van der Waals surface area contributed by atoms with Crippen molar-refractivity contribution in [1.82, 2.24) is 4.13 Å². The maximum atomic E-state index is 12.6. The molecule has 0 radical (unpaired) electrons. The van der Waals surface area contributed by atoms with Gasteiger partial charge in [-0.1, -0.05) is 34.2 Å². The molecule has 176 valence electrons. The third-order valence-corrected chi connectivity index (χ3v) is 11.3. The van der Waals surface area contributed by atoms with Crippen LogP contribution >= 0.6 is 0 Å². The van der Waals surface area contributed by atoms with Crippen molar-refractivity contribution in [3.05, 3.63) is 0 Å². The molecular weight excluding hydrogens is 539 g/mol. The van der Waals surface area contributed by atoms with Gasteiger partial charge in [-0.3, -0.25) is 0 Å². The van der Waals surface area contributed by atoms with Crippen LogP contribution in [-0.2, 0) is 39.9 Å². The topological polar surface area (TPSA) is 139 Å². The van der Waals surface area contributed by atoms with Crippen molar-refractivity contribution >= 4 is 39.9 Å². The van der Waals surface area contributed by atoms with Gasteiger partial charge in [-0.15, -0.1) is 4.13 Å². The molecule has 1 N–H and O–H groups in total. The molecular formula is C10H19F6KN3O6S4+. The molecule has 0 saturated carbocycles. The minimum atomic E-state index is -6.40. The summed E-state index contributed by atoms with van der Waals surface area (Å²) in [7, 11) is -22.5. The molecule has 0 bridgehead atoms. The summed E-state index contributed by atoms with van der Waals surface area (Å²) in [5.74, 6) is -1.94. The number of sulfonamides is 2. The Morgan fingerprint density at radius 3 is 1.13 bits per heavy atom. The Labute approximate surface area is 214 Å². The van der Waals surface area contributed by atoms with E-state index in [2.05, 4.69) is 7.54 Å². The Morgan fingerprint density at radius 2 is 0.933 bits per heavy atom. The predicted octanol–water partition coefficient (Wildman–Crippen LogP) is -0.355. The largest absolute Gasteiger partial charge is 1.00 e. The number of hydrogen-bond donors (Lipinski definition) is 1. The molecule has 0 amide bonds. The number of nitrogens with one attached hydrogen (secondary N) is 1. The molecule has 0 aliphatic rings. The average Bonchev–Trinajstić information content (AvgIpc) is 2.47. The zero-order valence-electron chi connectivity index (χ0n) is 16.0. The first kappa shape index (κ1) is 33.2. The minimum absolute atomic E-state index is 0. The van der Waals surface area contributed by atoms with Gasteiger partial charge in [0.05, 0.1) is 0 Å². The van der Waals surface area contributed by atoms with E-state index in [1.54, 1.807) is 0 Å². The molecule has 2 unspecified atom stereocenters. The number of nitrogens with zero attached hydrogens (tertiary/aromatic N) is 2. The van der Waals surface area contributed by atoms with Gasteiger partial charge in [0.25, 0.3) is 0 Å². The molecule has 0 aliphatic carbocycles. The zero-order valence-corrected chi connectivity index (χ0v) is 22.4. The van der Waals surface area contributed by atoms with Gasteiger partial charge in [0.15, 0.2) is 0 Å². The quantitative estimate of drug-likeness (QED) is 0.287. The second kappa shape index (κ2) is 11.9. The molecule has 0 saturated heterocycles. The van der Waals surface area contributed by atoms with E-state index in [1.807, 2.05) is 0 Å². The first-order valence-corrected chi connectivity index (χ1v) is 13.9. The summed E-state index contributed by atoms with van der Waals surface area (Å²) < 4.78 is 151. The van der Waals surface area contributed by atoms with E-state index >= 15 is 0 Å². The number of halogens is 6. The summed E-state index contributed by atoms with van der Waals surface area (Å²) in [6.07, 6.45) is -0.209. The fourth-order valence-corrected chi connectivity index (χ4v) is 9.73. The van der Waals surface area contributed by atoms with Crippen molar-refractivity contribution in [2.75, 3.05) is 11.5 Å². The van der Waals surface area contributed by atoms with Gasteiger partial charge in [0, 0.05) is 11.5 Å². The van der Waals surface area contributed by atoms with Gasteiger partial charge in [-0.2, -0.15) is 43.2 Å². The van der Waals surface area contributed by atoms with Gasteiger partial charge in [0.1, 0.15) is 19.8 Å². The summed E-state index contributed by atoms with van der Waals surface area (Å²) in [6, 6.07) is 0.